The van der Waals surface area contributed by atoms with Crippen molar-refractivity contribution in [1.82, 2.24) is 20.1 Å². The molecule has 0 radical (unpaired) electrons. The van der Waals surface area contributed by atoms with Crippen LogP contribution in [0.1, 0.15) is 0 Å². The number of para-hydroxylation sites is 1. The lowest BCUT2D eigenvalue weighted by molar-refractivity contribution is 0.135. The topological polar surface area (TPSA) is 138 Å². The highest BCUT2D eigenvalue weighted by Crippen LogP contribution is 2.38. The average molecular weight is 280 g/mol. The monoisotopic (exact) mass is 280 g/mol. The first-order chi connectivity index (χ1) is 10.2. The van der Waals surface area contributed by atoms with Gasteiger partial charge in [0.15, 0.2) is 5.69 Å². The number of azo groups is 1. The summed E-state index contributed by atoms with van der Waals surface area (Å²) in [6.45, 7) is 0. The smallest absolute Gasteiger partial charge is 0.161 e. The standard InChI is InChI=1S/C12H8N8O/c13-5-3-1-2-4-6(5)15-16-8-7(14)9-12(20(21)19-9)11-10(8)17-18-11/h1-4,14,21H,13H2. The van der Waals surface area contributed by atoms with E-state index >= 15 is 0 Å². The Balaban J connectivity index is 1.85. The minimum atomic E-state index is 0.0472. The van der Waals surface area contributed by atoms with Gasteiger partial charge in [0.1, 0.15) is 33.8 Å². The van der Waals surface area contributed by atoms with Crippen LogP contribution < -0.4 is 11.1 Å². The van der Waals surface area contributed by atoms with Crippen LogP contribution in [-0.2, 0) is 0 Å². The van der Waals surface area contributed by atoms with Gasteiger partial charge in [0.05, 0.1) is 5.69 Å². The van der Waals surface area contributed by atoms with E-state index in [1.54, 1.807) is 24.3 Å². The van der Waals surface area contributed by atoms with Gasteiger partial charge in [-0.05, 0) is 12.1 Å². The first-order valence-electron chi connectivity index (χ1n) is 6.01. The van der Waals surface area contributed by atoms with Crippen LogP contribution in [0.15, 0.2) is 34.5 Å². The van der Waals surface area contributed by atoms with Crippen molar-refractivity contribution in [3.63, 3.8) is 0 Å². The van der Waals surface area contributed by atoms with Gasteiger partial charge in [-0.2, -0.15) is 0 Å². The number of fused-ring (bicyclic) bond motifs is 3. The van der Waals surface area contributed by atoms with E-state index in [-0.39, 0.29) is 11.0 Å². The molecule has 4 N–H and O–H groups in total. The van der Waals surface area contributed by atoms with Crippen molar-refractivity contribution in [2.24, 2.45) is 10.2 Å². The van der Waals surface area contributed by atoms with Crippen molar-refractivity contribution < 1.29 is 5.21 Å². The number of nitrogens with zero attached hydrogens (tertiary/aromatic N) is 6. The molecule has 0 unspecified atom stereocenters. The fourth-order valence-corrected chi connectivity index (χ4v) is 2.10. The zero-order valence-corrected chi connectivity index (χ0v) is 10.5. The Hall–Kier alpha value is -3.36. The third-order valence-corrected chi connectivity index (χ3v) is 3.21. The van der Waals surface area contributed by atoms with Crippen molar-refractivity contribution in [2.75, 3.05) is 5.73 Å². The highest BCUT2D eigenvalue weighted by atomic mass is 16.5. The van der Waals surface area contributed by atoms with Crippen LogP contribution in [-0.4, -0.2) is 25.3 Å². The first kappa shape index (κ1) is 11.5. The normalized spacial score (nSPS) is 12.2. The zero-order chi connectivity index (χ0) is 14.6. The van der Waals surface area contributed by atoms with Gasteiger partial charge in [0.2, 0.25) is 0 Å². The van der Waals surface area contributed by atoms with Crippen LogP contribution in [0.3, 0.4) is 0 Å². The maximum absolute atomic E-state index is 9.41. The molecule has 0 fully saturated rings. The Bertz CT molecular complexity index is 945. The molecule has 4 rings (SSSR count). The molecule has 2 aliphatic heterocycles. The fourth-order valence-electron chi connectivity index (χ4n) is 2.10. The Labute approximate surface area is 117 Å². The van der Waals surface area contributed by atoms with Crippen molar-refractivity contribution in [3.05, 3.63) is 29.6 Å². The fraction of sp³-hybridized carbons (Fsp3) is 0. The van der Waals surface area contributed by atoms with Gasteiger partial charge in [-0.3, -0.25) is 5.41 Å². The highest BCUT2D eigenvalue weighted by molar-refractivity contribution is 5.87. The van der Waals surface area contributed by atoms with E-state index in [1.165, 1.54) is 0 Å². The number of nitrogens with one attached hydrogen (secondary N) is 1. The lowest BCUT2D eigenvalue weighted by Gasteiger charge is -2.20. The van der Waals surface area contributed by atoms with Crippen molar-refractivity contribution in [3.8, 4) is 22.8 Å². The van der Waals surface area contributed by atoms with E-state index in [4.69, 9.17) is 11.1 Å². The number of nitrogens with two attached hydrogens (primary N) is 1. The summed E-state index contributed by atoms with van der Waals surface area (Å²) in [7, 11) is 0. The molecule has 21 heavy (non-hydrogen) atoms. The molecule has 0 spiro atoms. The average Bonchev–Trinajstić information content (AvgIpc) is 2.44. The quantitative estimate of drug-likeness (QED) is 0.290. The zero-order valence-electron chi connectivity index (χ0n) is 10.5. The lowest BCUT2D eigenvalue weighted by Crippen LogP contribution is -2.26. The lowest BCUT2D eigenvalue weighted by atomic mass is 10.0. The van der Waals surface area contributed by atoms with Gasteiger partial charge < -0.3 is 10.9 Å². The largest absolute Gasteiger partial charge is 0.411 e. The summed E-state index contributed by atoms with van der Waals surface area (Å²) in [5, 5.41) is 37.0. The molecule has 3 aliphatic rings. The summed E-state index contributed by atoms with van der Waals surface area (Å²) < 4.78 is 0. The van der Waals surface area contributed by atoms with Crippen LogP contribution in [0, 0.1) is 5.41 Å². The summed E-state index contributed by atoms with van der Waals surface area (Å²) in [4.78, 5) is 0.681. The second-order valence-corrected chi connectivity index (χ2v) is 4.47. The molecule has 0 saturated heterocycles. The van der Waals surface area contributed by atoms with Crippen LogP contribution >= 0.6 is 0 Å². The van der Waals surface area contributed by atoms with E-state index < -0.39 is 0 Å². The number of hydrogen-bond acceptors (Lipinski definition) is 8. The van der Waals surface area contributed by atoms with Gasteiger partial charge in [-0.25, -0.2) is 0 Å². The molecular weight excluding hydrogens is 272 g/mol. The van der Waals surface area contributed by atoms with Gasteiger partial charge in [-0.1, -0.05) is 17.0 Å². The van der Waals surface area contributed by atoms with E-state index in [2.05, 4.69) is 25.5 Å². The minimum Gasteiger partial charge on any atom is -0.411 e. The SMILES string of the molecule is N=c1c2nn(O)c-2c2nnc-2c1N=Nc1ccccc1N. The van der Waals surface area contributed by atoms with Crippen LogP contribution in [0.25, 0.3) is 22.8 Å². The van der Waals surface area contributed by atoms with E-state index in [0.29, 0.717) is 39.0 Å². The minimum absolute atomic E-state index is 0.0472. The number of hydrogen-bond donors (Lipinski definition) is 3. The number of rotatable bonds is 2. The predicted molar refractivity (Wildman–Crippen MR) is 71.5 cm³/mol. The molecular formula is C12H8N8O. The number of aromatic nitrogens is 4. The Kier molecular flexibility index (Phi) is 2.09. The molecule has 0 aromatic heterocycles. The van der Waals surface area contributed by atoms with E-state index in [1.807, 2.05) is 0 Å². The van der Waals surface area contributed by atoms with E-state index in [9.17, 15) is 5.21 Å². The Morgan fingerprint density at radius 3 is 2.52 bits per heavy atom. The summed E-state index contributed by atoms with van der Waals surface area (Å²) in [6.07, 6.45) is 0. The molecule has 1 aromatic carbocycles. The first-order valence-corrected chi connectivity index (χ1v) is 6.01. The maximum Gasteiger partial charge on any atom is 0.161 e. The number of benzene rings is 2. The highest BCUT2D eigenvalue weighted by Gasteiger charge is 2.33. The molecule has 9 nitrogen and oxygen atoms in total. The summed E-state index contributed by atoms with van der Waals surface area (Å²) in [6, 6.07) is 7.02. The molecule has 102 valence electrons. The van der Waals surface area contributed by atoms with Crippen molar-refractivity contribution >= 4 is 17.1 Å². The molecule has 2 heterocycles. The third kappa shape index (κ3) is 1.45. The van der Waals surface area contributed by atoms with Gasteiger partial charge >= 0.3 is 0 Å². The molecule has 1 aromatic rings. The molecule has 0 atom stereocenters. The Morgan fingerprint density at radius 2 is 1.86 bits per heavy atom. The van der Waals surface area contributed by atoms with Crippen LogP contribution in [0.4, 0.5) is 17.1 Å². The van der Waals surface area contributed by atoms with Crippen molar-refractivity contribution in [1.29, 1.82) is 5.41 Å². The summed E-state index contributed by atoms with van der Waals surface area (Å²) in [5.41, 5.74) is 8.63. The van der Waals surface area contributed by atoms with E-state index in [0.717, 1.165) is 0 Å². The summed E-state index contributed by atoms with van der Waals surface area (Å²) >= 11 is 0. The van der Waals surface area contributed by atoms with Crippen LogP contribution in [0.5, 0.6) is 0 Å². The van der Waals surface area contributed by atoms with Gasteiger partial charge in [0, 0.05) is 0 Å². The van der Waals surface area contributed by atoms with Crippen molar-refractivity contribution in [2.45, 2.75) is 0 Å². The maximum atomic E-state index is 9.41. The number of nitrogen functional groups attached to an aromatic ring is 1. The van der Waals surface area contributed by atoms with Gasteiger partial charge in [-0.15, -0.1) is 25.5 Å². The number of anilines is 1. The molecule has 0 amide bonds. The van der Waals surface area contributed by atoms with Crippen LogP contribution in [0.2, 0.25) is 0 Å². The summed E-state index contributed by atoms with van der Waals surface area (Å²) in [5.74, 6) is 0. The molecule has 9 heteroatoms. The Morgan fingerprint density at radius 1 is 1.10 bits per heavy atom. The molecule has 0 bridgehead atoms. The third-order valence-electron chi connectivity index (χ3n) is 3.21. The second kappa shape index (κ2) is 3.82. The molecule has 0 saturated carbocycles. The van der Waals surface area contributed by atoms with Gasteiger partial charge in [0.25, 0.3) is 0 Å². The predicted octanol–water partition coefficient (Wildman–Crippen LogP) is 1.47. The second-order valence-electron chi connectivity index (χ2n) is 4.47. The molecule has 1 aliphatic carbocycles.